The highest BCUT2D eigenvalue weighted by molar-refractivity contribution is 7.89. The second-order valence-electron chi connectivity index (χ2n) is 7.29. The Bertz CT molecular complexity index is 1090. The van der Waals surface area contributed by atoms with Gasteiger partial charge in [-0.25, -0.2) is 13.1 Å². The molecule has 0 amide bonds. The van der Waals surface area contributed by atoms with E-state index in [1.54, 1.807) is 24.9 Å². The third-order valence-electron chi connectivity index (χ3n) is 5.35. The fourth-order valence-corrected chi connectivity index (χ4v) is 5.15. The third-order valence-corrected chi connectivity index (χ3v) is 6.98. The molecule has 1 aliphatic rings. The Kier molecular flexibility index (Phi) is 5.07. The molecule has 28 heavy (non-hydrogen) atoms. The van der Waals surface area contributed by atoms with Gasteiger partial charge in [0.05, 0.1) is 23.5 Å². The van der Waals surface area contributed by atoms with Gasteiger partial charge in [0, 0.05) is 24.7 Å². The van der Waals surface area contributed by atoms with Crippen molar-refractivity contribution in [1.29, 1.82) is 0 Å². The number of nitrogens with zero attached hydrogens (tertiary/aromatic N) is 3. The quantitative estimate of drug-likeness (QED) is 0.712. The van der Waals surface area contributed by atoms with Crippen molar-refractivity contribution in [1.82, 2.24) is 19.5 Å². The summed E-state index contributed by atoms with van der Waals surface area (Å²) in [6.45, 7) is 1.76. The maximum absolute atomic E-state index is 12.6. The van der Waals surface area contributed by atoms with Gasteiger partial charge < -0.3 is 4.74 Å². The number of sulfonamides is 1. The Morgan fingerprint density at radius 1 is 1.18 bits per heavy atom. The summed E-state index contributed by atoms with van der Waals surface area (Å²) < 4.78 is 35.8. The fourth-order valence-electron chi connectivity index (χ4n) is 3.64. The number of pyridine rings is 1. The molecule has 2 heterocycles. The van der Waals surface area contributed by atoms with Gasteiger partial charge in [-0.1, -0.05) is 6.07 Å². The number of rotatable bonds is 5. The zero-order chi connectivity index (χ0) is 19.7. The average molecular weight is 401 g/mol. The van der Waals surface area contributed by atoms with Gasteiger partial charge in [0.2, 0.25) is 10.0 Å². The second kappa shape index (κ2) is 7.52. The van der Waals surface area contributed by atoms with Crippen molar-refractivity contribution in [2.45, 2.75) is 49.6 Å². The maximum atomic E-state index is 12.6. The summed E-state index contributed by atoms with van der Waals surface area (Å²) >= 11 is 0. The number of nitrogens with one attached hydrogen (secondary N) is 1. The van der Waals surface area contributed by atoms with Gasteiger partial charge in [0.25, 0.3) is 0 Å². The molecule has 8 heteroatoms. The van der Waals surface area contributed by atoms with Crippen LogP contribution in [0.3, 0.4) is 0 Å². The van der Waals surface area contributed by atoms with Gasteiger partial charge in [-0.05, 0) is 56.9 Å². The van der Waals surface area contributed by atoms with Crippen molar-refractivity contribution >= 4 is 20.9 Å². The minimum Gasteiger partial charge on any atom is -0.490 e. The van der Waals surface area contributed by atoms with Crippen molar-refractivity contribution in [3.05, 3.63) is 48.4 Å². The first-order chi connectivity index (χ1) is 13.4. The van der Waals surface area contributed by atoms with Crippen LogP contribution in [0.25, 0.3) is 10.9 Å². The maximum Gasteiger partial charge on any atom is 0.244 e. The number of ether oxygens (including phenoxy) is 1. The molecule has 0 unspecified atom stereocenters. The summed E-state index contributed by atoms with van der Waals surface area (Å²) in [6.07, 6.45) is 6.39. The number of fused-ring (bicyclic) bond motifs is 1. The minimum atomic E-state index is -3.55. The van der Waals surface area contributed by atoms with Crippen LogP contribution in [0.1, 0.15) is 31.4 Å². The van der Waals surface area contributed by atoms with Crippen molar-refractivity contribution < 1.29 is 13.2 Å². The summed E-state index contributed by atoms with van der Waals surface area (Å²) in [5.74, 6) is 0.829. The number of benzene rings is 1. The first-order valence-electron chi connectivity index (χ1n) is 9.45. The molecule has 1 aliphatic carbocycles. The van der Waals surface area contributed by atoms with Crippen molar-refractivity contribution in [3.8, 4) is 5.75 Å². The van der Waals surface area contributed by atoms with Crippen LogP contribution in [0.2, 0.25) is 0 Å². The van der Waals surface area contributed by atoms with Crippen molar-refractivity contribution in [2.24, 2.45) is 7.05 Å². The van der Waals surface area contributed by atoms with E-state index in [1.807, 2.05) is 30.3 Å². The highest BCUT2D eigenvalue weighted by Gasteiger charge is 2.28. The van der Waals surface area contributed by atoms with E-state index in [-0.39, 0.29) is 17.0 Å². The first-order valence-corrected chi connectivity index (χ1v) is 10.9. The minimum absolute atomic E-state index is 0.0785. The van der Waals surface area contributed by atoms with Crippen molar-refractivity contribution in [2.75, 3.05) is 0 Å². The lowest BCUT2D eigenvalue weighted by Crippen LogP contribution is -2.39. The summed E-state index contributed by atoms with van der Waals surface area (Å²) in [6, 6.07) is 9.75. The zero-order valence-corrected chi connectivity index (χ0v) is 16.8. The number of aryl methyl sites for hydroxylation is 1. The lowest BCUT2D eigenvalue weighted by molar-refractivity contribution is 0.144. The molecular weight excluding hydrogens is 376 g/mol. The molecule has 0 saturated heterocycles. The fraction of sp³-hybridized carbons (Fsp3) is 0.400. The Labute approximate surface area is 164 Å². The molecule has 0 spiro atoms. The standard InChI is InChI=1S/C20H24N4O3S/c1-14-20(13-22-24(14)2)28(25,26)23-16-5-7-17(8-6-16)27-18-9-10-19-15(12-18)4-3-11-21-19/h3-4,9-13,16-17,23H,5-8H2,1-2H3. The summed E-state index contributed by atoms with van der Waals surface area (Å²) in [5, 5.41) is 5.08. The Balaban J connectivity index is 1.36. The summed E-state index contributed by atoms with van der Waals surface area (Å²) in [4.78, 5) is 4.57. The second-order valence-corrected chi connectivity index (χ2v) is 8.97. The number of hydrogen-bond donors (Lipinski definition) is 1. The van der Waals surface area contributed by atoms with Gasteiger partial charge in [-0.2, -0.15) is 5.10 Å². The van der Waals surface area contributed by atoms with E-state index in [4.69, 9.17) is 4.74 Å². The van der Waals surface area contributed by atoms with Gasteiger partial charge in [-0.3, -0.25) is 9.67 Å². The van der Waals surface area contributed by atoms with Gasteiger partial charge in [0.15, 0.2) is 0 Å². The predicted molar refractivity (Wildman–Crippen MR) is 107 cm³/mol. The van der Waals surface area contributed by atoms with E-state index >= 15 is 0 Å². The van der Waals surface area contributed by atoms with Crippen LogP contribution in [0.4, 0.5) is 0 Å². The van der Waals surface area contributed by atoms with E-state index in [1.165, 1.54) is 6.20 Å². The van der Waals surface area contributed by atoms with Gasteiger partial charge >= 0.3 is 0 Å². The molecule has 1 N–H and O–H groups in total. The molecule has 1 aromatic carbocycles. The summed E-state index contributed by atoms with van der Waals surface area (Å²) in [7, 11) is -1.82. The molecule has 2 aromatic heterocycles. The van der Waals surface area contributed by atoms with E-state index in [9.17, 15) is 8.42 Å². The Morgan fingerprint density at radius 2 is 1.96 bits per heavy atom. The average Bonchev–Trinajstić information content (AvgIpc) is 3.03. The molecule has 7 nitrogen and oxygen atoms in total. The first kappa shape index (κ1) is 18.9. The molecule has 0 bridgehead atoms. The number of aromatic nitrogens is 3. The van der Waals surface area contributed by atoms with Crippen LogP contribution in [0, 0.1) is 6.92 Å². The van der Waals surface area contributed by atoms with E-state index in [0.717, 1.165) is 42.3 Å². The molecule has 148 valence electrons. The monoisotopic (exact) mass is 400 g/mol. The molecule has 0 atom stereocenters. The predicted octanol–water partition coefficient (Wildman–Crippen LogP) is 2.95. The molecule has 1 saturated carbocycles. The highest BCUT2D eigenvalue weighted by Crippen LogP contribution is 2.27. The van der Waals surface area contributed by atoms with Crippen LogP contribution in [-0.4, -0.2) is 35.3 Å². The topological polar surface area (TPSA) is 86.1 Å². The zero-order valence-electron chi connectivity index (χ0n) is 16.0. The molecule has 1 fully saturated rings. The third kappa shape index (κ3) is 3.88. The van der Waals surface area contributed by atoms with Crippen LogP contribution >= 0.6 is 0 Å². The van der Waals surface area contributed by atoms with Gasteiger partial charge in [-0.15, -0.1) is 0 Å². The SMILES string of the molecule is Cc1c(S(=O)(=O)NC2CCC(Oc3ccc4ncccc4c3)CC2)cnn1C. The van der Waals surface area contributed by atoms with E-state index in [2.05, 4.69) is 14.8 Å². The lowest BCUT2D eigenvalue weighted by atomic mass is 9.93. The largest absolute Gasteiger partial charge is 0.490 e. The van der Waals surface area contributed by atoms with Gasteiger partial charge in [0.1, 0.15) is 10.6 Å². The Morgan fingerprint density at radius 3 is 2.68 bits per heavy atom. The molecule has 0 aliphatic heterocycles. The van der Waals surface area contributed by atoms with Crippen LogP contribution in [-0.2, 0) is 17.1 Å². The van der Waals surface area contributed by atoms with Crippen LogP contribution in [0.5, 0.6) is 5.75 Å². The van der Waals surface area contributed by atoms with E-state index < -0.39 is 10.0 Å². The van der Waals surface area contributed by atoms with Crippen molar-refractivity contribution in [3.63, 3.8) is 0 Å². The van der Waals surface area contributed by atoms with Crippen LogP contribution < -0.4 is 9.46 Å². The molecule has 4 rings (SSSR count). The highest BCUT2D eigenvalue weighted by atomic mass is 32.2. The lowest BCUT2D eigenvalue weighted by Gasteiger charge is -2.29. The normalized spacial score (nSPS) is 20.4. The molecule has 0 radical (unpaired) electrons. The number of hydrogen-bond acceptors (Lipinski definition) is 5. The smallest absolute Gasteiger partial charge is 0.244 e. The molecular formula is C20H24N4O3S. The Hall–Kier alpha value is -2.45. The summed E-state index contributed by atoms with van der Waals surface area (Å²) in [5.41, 5.74) is 1.58. The van der Waals surface area contributed by atoms with Crippen LogP contribution in [0.15, 0.2) is 47.6 Å². The van der Waals surface area contributed by atoms with E-state index in [0.29, 0.717) is 5.69 Å². The molecule has 3 aromatic rings.